The van der Waals surface area contributed by atoms with Crippen LogP contribution in [0.3, 0.4) is 0 Å². The number of hydrogen-bond donors (Lipinski definition) is 1. The van der Waals surface area contributed by atoms with E-state index in [0.29, 0.717) is 12.8 Å². The number of carboxylic acids is 1. The zero-order valence-electron chi connectivity index (χ0n) is 7.39. The second kappa shape index (κ2) is 4.65. The van der Waals surface area contributed by atoms with Gasteiger partial charge >= 0.3 is 5.97 Å². The highest BCUT2D eigenvalue weighted by Crippen LogP contribution is 2.32. The maximum atomic E-state index is 10.9. The smallest absolute Gasteiger partial charge is 0.319 e. The van der Waals surface area contributed by atoms with Gasteiger partial charge < -0.3 is 5.11 Å². The summed E-state index contributed by atoms with van der Waals surface area (Å²) >= 11 is 1.53. The standard InChI is InChI=1S/C8H16O2S/c1-4-8(5-2,7(9)10)11-6-3/h4-6H2,1-3H3,(H,9,10). The minimum atomic E-state index is -0.672. The highest BCUT2D eigenvalue weighted by atomic mass is 32.2. The van der Waals surface area contributed by atoms with Gasteiger partial charge in [-0.3, -0.25) is 4.79 Å². The number of aliphatic carboxylic acids is 1. The van der Waals surface area contributed by atoms with Crippen molar-refractivity contribution in [1.29, 1.82) is 0 Å². The van der Waals surface area contributed by atoms with E-state index in [0.717, 1.165) is 5.75 Å². The van der Waals surface area contributed by atoms with Crippen molar-refractivity contribution >= 4 is 17.7 Å². The lowest BCUT2D eigenvalue weighted by molar-refractivity contribution is -0.140. The molecule has 0 aromatic heterocycles. The van der Waals surface area contributed by atoms with Crippen LogP contribution in [-0.2, 0) is 4.79 Å². The Labute approximate surface area is 72.4 Å². The first-order chi connectivity index (χ1) is 5.13. The number of carbonyl (C=O) groups is 1. The number of thioether (sulfide) groups is 1. The maximum absolute atomic E-state index is 10.9. The Morgan fingerprint density at radius 3 is 1.91 bits per heavy atom. The van der Waals surface area contributed by atoms with E-state index in [1.165, 1.54) is 11.8 Å². The van der Waals surface area contributed by atoms with Crippen LogP contribution < -0.4 is 0 Å². The van der Waals surface area contributed by atoms with Crippen LogP contribution in [0, 0.1) is 0 Å². The van der Waals surface area contributed by atoms with Crippen LogP contribution in [-0.4, -0.2) is 21.6 Å². The summed E-state index contributed by atoms with van der Waals surface area (Å²) in [7, 11) is 0. The lowest BCUT2D eigenvalue weighted by Gasteiger charge is -2.24. The largest absolute Gasteiger partial charge is 0.480 e. The summed E-state index contributed by atoms with van der Waals surface area (Å²) in [4.78, 5) is 10.9. The molecule has 0 atom stereocenters. The van der Waals surface area contributed by atoms with E-state index >= 15 is 0 Å². The topological polar surface area (TPSA) is 37.3 Å². The van der Waals surface area contributed by atoms with Crippen molar-refractivity contribution in [2.45, 2.75) is 38.4 Å². The monoisotopic (exact) mass is 176 g/mol. The molecule has 0 aromatic rings. The van der Waals surface area contributed by atoms with E-state index in [1.54, 1.807) is 0 Å². The highest BCUT2D eigenvalue weighted by molar-refractivity contribution is 8.01. The zero-order valence-corrected chi connectivity index (χ0v) is 8.20. The van der Waals surface area contributed by atoms with Gasteiger partial charge in [-0.25, -0.2) is 0 Å². The van der Waals surface area contributed by atoms with E-state index in [9.17, 15) is 4.79 Å². The Morgan fingerprint density at radius 1 is 1.36 bits per heavy atom. The van der Waals surface area contributed by atoms with Gasteiger partial charge in [-0.15, -0.1) is 11.8 Å². The molecular weight excluding hydrogens is 160 g/mol. The van der Waals surface area contributed by atoms with Crippen LogP contribution in [0.1, 0.15) is 33.6 Å². The summed E-state index contributed by atoms with van der Waals surface area (Å²) in [5.74, 6) is 0.197. The van der Waals surface area contributed by atoms with Crippen molar-refractivity contribution < 1.29 is 9.90 Å². The molecule has 0 aromatic carbocycles. The third-order valence-corrected chi connectivity index (χ3v) is 3.55. The predicted molar refractivity (Wildman–Crippen MR) is 49.1 cm³/mol. The fourth-order valence-corrected chi connectivity index (χ4v) is 2.18. The quantitative estimate of drug-likeness (QED) is 0.698. The van der Waals surface area contributed by atoms with Crippen molar-refractivity contribution in [2.75, 3.05) is 5.75 Å². The van der Waals surface area contributed by atoms with Gasteiger partial charge in [0.25, 0.3) is 0 Å². The average molecular weight is 176 g/mol. The molecule has 0 aliphatic rings. The number of carboxylic acid groups (broad SMARTS) is 1. The van der Waals surface area contributed by atoms with Gasteiger partial charge in [0, 0.05) is 0 Å². The first kappa shape index (κ1) is 10.8. The lowest BCUT2D eigenvalue weighted by Crippen LogP contribution is -2.33. The summed E-state index contributed by atoms with van der Waals surface area (Å²) in [6.07, 6.45) is 1.41. The van der Waals surface area contributed by atoms with Gasteiger partial charge in [-0.05, 0) is 18.6 Å². The van der Waals surface area contributed by atoms with Gasteiger partial charge in [-0.1, -0.05) is 20.8 Å². The third-order valence-electron chi connectivity index (χ3n) is 1.95. The molecule has 3 heteroatoms. The summed E-state index contributed by atoms with van der Waals surface area (Å²) in [5, 5.41) is 8.93. The Kier molecular flexibility index (Phi) is 4.57. The van der Waals surface area contributed by atoms with Crippen LogP contribution >= 0.6 is 11.8 Å². The molecule has 11 heavy (non-hydrogen) atoms. The molecule has 0 aliphatic carbocycles. The second-order valence-electron chi connectivity index (χ2n) is 2.44. The van der Waals surface area contributed by atoms with E-state index in [2.05, 4.69) is 0 Å². The first-order valence-corrected chi connectivity index (χ1v) is 4.98. The highest BCUT2D eigenvalue weighted by Gasteiger charge is 2.34. The second-order valence-corrected chi connectivity index (χ2v) is 4.09. The minimum absolute atomic E-state index is 0.533. The molecule has 0 saturated carbocycles. The Hall–Kier alpha value is -0.180. The summed E-state index contributed by atoms with van der Waals surface area (Å²) in [5.41, 5.74) is 0. The maximum Gasteiger partial charge on any atom is 0.319 e. The van der Waals surface area contributed by atoms with Gasteiger partial charge in [0.15, 0.2) is 0 Å². The molecule has 0 spiro atoms. The molecule has 0 amide bonds. The van der Waals surface area contributed by atoms with E-state index in [4.69, 9.17) is 5.11 Å². The van der Waals surface area contributed by atoms with Crippen LogP contribution in [0.25, 0.3) is 0 Å². The Bertz CT molecular complexity index is 130. The lowest BCUT2D eigenvalue weighted by atomic mass is 10.0. The zero-order chi connectivity index (χ0) is 8.91. The number of rotatable bonds is 5. The predicted octanol–water partition coefficient (Wildman–Crippen LogP) is 2.38. The van der Waals surface area contributed by atoms with Gasteiger partial charge in [0.1, 0.15) is 4.75 Å². The van der Waals surface area contributed by atoms with E-state index in [1.807, 2.05) is 20.8 Å². The molecule has 0 aliphatic heterocycles. The molecule has 1 N–H and O–H groups in total. The number of hydrogen-bond acceptors (Lipinski definition) is 2. The third kappa shape index (κ3) is 2.40. The summed E-state index contributed by atoms with van der Waals surface area (Å²) in [6, 6.07) is 0. The Balaban J connectivity index is 4.32. The summed E-state index contributed by atoms with van der Waals surface area (Å²) < 4.78 is -0.533. The van der Waals surface area contributed by atoms with Crippen molar-refractivity contribution in [2.24, 2.45) is 0 Å². The van der Waals surface area contributed by atoms with Crippen LogP contribution in [0.2, 0.25) is 0 Å². The van der Waals surface area contributed by atoms with E-state index in [-0.39, 0.29) is 0 Å². The molecule has 0 saturated heterocycles. The normalized spacial score (nSPS) is 11.5. The van der Waals surface area contributed by atoms with Crippen molar-refractivity contribution in [3.8, 4) is 0 Å². The molecule has 0 fully saturated rings. The molecule has 0 bridgehead atoms. The molecule has 0 rings (SSSR count). The molecule has 2 nitrogen and oxygen atoms in total. The van der Waals surface area contributed by atoms with Crippen molar-refractivity contribution in [3.05, 3.63) is 0 Å². The fraction of sp³-hybridized carbons (Fsp3) is 0.875. The molecule has 66 valence electrons. The van der Waals surface area contributed by atoms with Gasteiger partial charge in [-0.2, -0.15) is 0 Å². The summed E-state index contributed by atoms with van der Waals surface area (Å²) in [6.45, 7) is 5.86. The van der Waals surface area contributed by atoms with Crippen LogP contribution in [0.15, 0.2) is 0 Å². The van der Waals surface area contributed by atoms with Gasteiger partial charge in [0.05, 0.1) is 0 Å². The van der Waals surface area contributed by atoms with Crippen molar-refractivity contribution in [3.63, 3.8) is 0 Å². The van der Waals surface area contributed by atoms with E-state index < -0.39 is 10.7 Å². The van der Waals surface area contributed by atoms with Crippen LogP contribution in [0.5, 0.6) is 0 Å². The Morgan fingerprint density at radius 2 is 1.82 bits per heavy atom. The molecular formula is C8H16O2S. The minimum Gasteiger partial charge on any atom is -0.480 e. The van der Waals surface area contributed by atoms with Crippen molar-refractivity contribution in [1.82, 2.24) is 0 Å². The fourth-order valence-electron chi connectivity index (χ4n) is 1.09. The SMILES string of the molecule is CCSC(CC)(CC)C(=O)O. The molecule has 0 radical (unpaired) electrons. The van der Waals surface area contributed by atoms with Crippen LogP contribution in [0.4, 0.5) is 0 Å². The molecule has 0 heterocycles. The first-order valence-electron chi connectivity index (χ1n) is 4.00. The van der Waals surface area contributed by atoms with Gasteiger partial charge in [0.2, 0.25) is 0 Å². The average Bonchev–Trinajstić information content (AvgIpc) is 2.00. The molecule has 0 unspecified atom stereocenters.